The molecule has 0 bridgehead atoms. The van der Waals surface area contributed by atoms with Crippen molar-refractivity contribution < 1.29 is 19.1 Å². The van der Waals surface area contributed by atoms with Gasteiger partial charge in [0.25, 0.3) is 5.91 Å². The highest BCUT2D eigenvalue weighted by Crippen LogP contribution is 2.30. The zero-order valence-corrected chi connectivity index (χ0v) is 20.2. The van der Waals surface area contributed by atoms with Crippen molar-refractivity contribution in [1.29, 1.82) is 0 Å². The topological polar surface area (TPSA) is 85.7 Å². The number of ether oxygens (including phenoxy) is 2. The van der Waals surface area contributed by atoms with E-state index in [1.165, 1.54) is 0 Å². The minimum Gasteiger partial charge on any atom is -0.495 e. The summed E-state index contributed by atoms with van der Waals surface area (Å²) in [4.78, 5) is 32.2. The van der Waals surface area contributed by atoms with E-state index in [4.69, 9.17) is 21.1 Å². The molecule has 2 aliphatic rings. The molecule has 1 aromatic heterocycles. The molecule has 182 valence electrons. The molecule has 2 aromatic carbocycles. The Kier molecular flexibility index (Phi) is 6.74. The number of carbonyl (C=O) groups excluding carboxylic acids is 2. The molecule has 0 radical (unpaired) electrons. The third-order valence-electron chi connectivity index (χ3n) is 6.68. The molecule has 3 heterocycles. The van der Waals surface area contributed by atoms with E-state index in [0.717, 1.165) is 11.3 Å². The summed E-state index contributed by atoms with van der Waals surface area (Å²) in [5.74, 6) is 0.198. The molecule has 35 heavy (non-hydrogen) atoms. The van der Waals surface area contributed by atoms with E-state index >= 15 is 0 Å². The first-order chi connectivity index (χ1) is 17.0. The van der Waals surface area contributed by atoms with Crippen LogP contribution in [0.3, 0.4) is 0 Å². The van der Waals surface area contributed by atoms with Crippen molar-refractivity contribution in [2.75, 3.05) is 25.5 Å². The monoisotopic (exact) mass is 494 g/mol. The van der Waals surface area contributed by atoms with Crippen LogP contribution in [0.2, 0.25) is 5.02 Å². The summed E-state index contributed by atoms with van der Waals surface area (Å²) in [5.41, 5.74) is 2.97. The van der Waals surface area contributed by atoms with Gasteiger partial charge >= 0.3 is 0 Å². The second-order valence-corrected chi connectivity index (χ2v) is 9.21. The molecule has 0 saturated carbocycles. The molecule has 1 fully saturated rings. The average Bonchev–Trinajstić information content (AvgIpc) is 3.32. The lowest BCUT2D eigenvalue weighted by molar-refractivity contribution is -0.121. The van der Waals surface area contributed by atoms with Crippen molar-refractivity contribution >= 4 is 29.1 Å². The van der Waals surface area contributed by atoms with Crippen molar-refractivity contribution in [2.45, 2.75) is 32.1 Å². The van der Waals surface area contributed by atoms with E-state index in [-0.39, 0.29) is 23.8 Å². The fourth-order valence-electron chi connectivity index (χ4n) is 4.66. The predicted molar refractivity (Wildman–Crippen MR) is 131 cm³/mol. The highest BCUT2D eigenvalue weighted by atomic mass is 35.5. The summed E-state index contributed by atoms with van der Waals surface area (Å²) in [5, 5.41) is 3.36. The Bertz CT molecular complexity index is 1220. The van der Waals surface area contributed by atoms with E-state index in [9.17, 15) is 9.59 Å². The van der Waals surface area contributed by atoms with Crippen LogP contribution in [0.4, 0.5) is 5.69 Å². The quantitative estimate of drug-likeness (QED) is 0.571. The van der Waals surface area contributed by atoms with Gasteiger partial charge in [-0.15, -0.1) is 0 Å². The number of amides is 2. The number of halogens is 1. The van der Waals surface area contributed by atoms with Crippen molar-refractivity contribution in [3.05, 3.63) is 76.8 Å². The maximum Gasteiger partial charge on any atom is 0.274 e. The number of nitrogens with one attached hydrogen (secondary N) is 1. The van der Waals surface area contributed by atoms with Crippen LogP contribution in [0.1, 0.15) is 40.7 Å². The molecular weight excluding hydrogens is 468 g/mol. The Morgan fingerprint density at radius 1 is 1.14 bits per heavy atom. The molecule has 2 amide bonds. The smallest absolute Gasteiger partial charge is 0.274 e. The number of hydrogen-bond acceptors (Lipinski definition) is 5. The number of likely N-dealkylation sites (tertiary alicyclic amines) is 1. The van der Waals surface area contributed by atoms with Gasteiger partial charge in [0.1, 0.15) is 11.9 Å². The van der Waals surface area contributed by atoms with Gasteiger partial charge in [-0.25, -0.2) is 4.98 Å². The number of methoxy groups -OCH3 is 1. The number of nitrogens with zero attached hydrogens (tertiary/aromatic N) is 3. The molecule has 1 N–H and O–H groups in total. The van der Waals surface area contributed by atoms with Crippen LogP contribution in [0.15, 0.2) is 54.9 Å². The van der Waals surface area contributed by atoms with E-state index in [2.05, 4.69) is 10.3 Å². The molecule has 5 rings (SSSR count). The molecule has 0 aliphatic carbocycles. The lowest BCUT2D eigenvalue weighted by atomic mass is 9.95. The normalized spacial score (nSPS) is 18.1. The van der Waals surface area contributed by atoms with Crippen molar-refractivity contribution in [2.24, 2.45) is 5.92 Å². The van der Waals surface area contributed by atoms with Gasteiger partial charge in [-0.3, -0.25) is 9.59 Å². The number of rotatable bonds is 5. The third-order valence-corrected chi connectivity index (χ3v) is 6.97. The van der Waals surface area contributed by atoms with Crippen LogP contribution >= 0.6 is 11.6 Å². The number of imidazole rings is 1. The van der Waals surface area contributed by atoms with Crippen LogP contribution in [0, 0.1) is 5.92 Å². The summed E-state index contributed by atoms with van der Waals surface area (Å²) in [6, 6.07) is 15.2. The maximum atomic E-state index is 13.2. The van der Waals surface area contributed by atoms with Crippen LogP contribution in [-0.2, 0) is 22.7 Å². The van der Waals surface area contributed by atoms with Gasteiger partial charge in [-0.05, 0) is 36.6 Å². The SMILES string of the molecule is COc1ccc(NC(=O)C2CCN(C(=O)c3ncn4c3CO[C@@H](c3ccccc3)C4)CC2)cc1Cl. The lowest BCUT2D eigenvalue weighted by Crippen LogP contribution is -2.42. The molecule has 0 unspecified atom stereocenters. The van der Waals surface area contributed by atoms with Crippen molar-refractivity contribution in [1.82, 2.24) is 14.5 Å². The molecule has 8 nitrogen and oxygen atoms in total. The first-order valence-corrected chi connectivity index (χ1v) is 12.1. The Morgan fingerprint density at radius 2 is 1.91 bits per heavy atom. The van der Waals surface area contributed by atoms with E-state index < -0.39 is 0 Å². The minimum absolute atomic E-state index is 0.0595. The van der Waals surface area contributed by atoms with Gasteiger partial charge in [-0.1, -0.05) is 41.9 Å². The van der Waals surface area contributed by atoms with Gasteiger partial charge in [-0.2, -0.15) is 0 Å². The largest absolute Gasteiger partial charge is 0.495 e. The van der Waals surface area contributed by atoms with Crippen LogP contribution < -0.4 is 10.1 Å². The standard InChI is InChI=1S/C26H27ClN4O4/c1-34-22-8-7-19(13-20(22)27)29-25(32)18-9-11-30(12-10-18)26(33)24-21-15-35-23(14-31(21)16-28-24)17-5-3-2-4-6-17/h2-8,13,16,18,23H,9-12,14-15H2,1H3,(H,29,32)/t23-/m1/s1. The van der Waals surface area contributed by atoms with Crippen molar-refractivity contribution in [3.63, 3.8) is 0 Å². The number of aromatic nitrogens is 2. The second kappa shape index (κ2) is 10.1. The number of piperidine rings is 1. The summed E-state index contributed by atoms with van der Waals surface area (Å²) in [6.07, 6.45) is 2.84. The predicted octanol–water partition coefficient (Wildman–Crippen LogP) is 4.31. The zero-order valence-electron chi connectivity index (χ0n) is 19.4. The first kappa shape index (κ1) is 23.4. The van der Waals surface area contributed by atoms with Gasteiger partial charge < -0.3 is 24.3 Å². The fourth-order valence-corrected chi connectivity index (χ4v) is 4.92. The molecule has 3 aromatic rings. The summed E-state index contributed by atoms with van der Waals surface area (Å²) in [6.45, 7) is 1.96. The number of hydrogen-bond donors (Lipinski definition) is 1. The van der Waals surface area contributed by atoms with E-state index in [1.54, 1.807) is 36.5 Å². The van der Waals surface area contributed by atoms with E-state index in [0.29, 0.717) is 61.2 Å². The first-order valence-electron chi connectivity index (χ1n) is 11.7. The minimum atomic E-state index is -0.175. The van der Waals surface area contributed by atoms with Gasteiger partial charge in [0.05, 0.1) is 37.3 Å². The second-order valence-electron chi connectivity index (χ2n) is 8.81. The molecule has 1 saturated heterocycles. The van der Waals surface area contributed by atoms with E-state index in [1.807, 2.05) is 34.9 Å². The number of benzene rings is 2. The zero-order chi connectivity index (χ0) is 24.4. The van der Waals surface area contributed by atoms with Crippen LogP contribution in [0.25, 0.3) is 0 Å². The molecule has 9 heteroatoms. The Hall–Kier alpha value is -3.36. The Balaban J connectivity index is 1.18. The Labute approximate surface area is 208 Å². The number of carbonyl (C=O) groups is 2. The molecular formula is C26H27ClN4O4. The molecule has 2 aliphatic heterocycles. The number of fused-ring (bicyclic) bond motifs is 1. The highest BCUT2D eigenvalue weighted by Gasteiger charge is 2.32. The van der Waals surface area contributed by atoms with Gasteiger partial charge in [0.15, 0.2) is 5.69 Å². The summed E-state index contributed by atoms with van der Waals surface area (Å²) >= 11 is 6.15. The maximum absolute atomic E-state index is 13.2. The highest BCUT2D eigenvalue weighted by molar-refractivity contribution is 6.32. The summed E-state index contributed by atoms with van der Waals surface area (Å²) in [7, 11) is 1.54. The third kappa shape index (κ3) is 4.90. The molecule has 0 spiro atoms. The summed E-state index contributed by atoms with van der Waals surface area (Å²) < 4.78 is 13.2. The van der Waals surface area contributed by atoms with Crippen LogP contribution in [-0.4, -0.2) is 46.5 Å². The van der Waals surface area contributed by atoms with Crippen molar-refractivity contribution in [3.8, 4) is 5.75 Å². The van der Waals surface area contributed by atoms with Gasteiger partial charge in [0.2, 0.25) is 5.91 Å². The lowest BCUT2D eigenvalue weighted by Gasteiger charge is -2.31. The Morgan fingerprint density at radius 3 is 2.63 bits per heavy atom. The molecule has 1 atom stereocenters. The van der Waals surface area contributed by atoms with Crippen LogP contribution in [0.5, 0.6) is 5.75 Å². The number of anilines is 1. The average molecular weight is 495 g/mol. The van der Waals surface area contributed by atoms with Gasteiger partial charge in [0, 0.05) is 24.7 Å². The fraction of sp³-hybridized carbons (Fsp3) is 0.346.